The highest BCUT2D eigenvalue weighted by Gasteiger charge is 2.31. The lowest BCUT2D eigenvalue weighted by atomic mass is 10.3. The molecule has 1 N–H and O–H groups in total. The Balaban J connectivity index is 1.79. The van der Waals surface area contributed by atoms with E-state index in [9.17, 15) is 9.59 Å². The molecule has 1 aromatic heterocycles. The standard InChI is InChI=1S/C16H24N4O2/c1-4-20(13-8-9-13)16(22)11-19(3)10-15(21)18-14-7-5-6-12(2)17-14/h5-7,13H,4,8-11H2,1-3H3,(H,17,18,21). The first kappa shape index (κ1) is 16.4. The number of rotatable bonds is 7. The van der Waals surface area contributed by atoms with Gasteiger partial charge in [-0.15, -0.1) is 0 Å². The van der Waals surface area contributed by atoms with Crippen LogP contribution in [0.3, 0.4) is 0 Å². The number of likely N-dealkylation sites (N-methyl/N-ethyl adjacent to an activating group) is 2. The Morgan fingerprint density at radius 1 is 1.32 bits per heavy atom. The molecule has 0 atom stereocenters. The smallest absolute Gasteiger partial charge is 0.239 e. The van der Waals surface area contributed by atoms with Crippen LogP contribution in [-0.4, -0.2) is 59.3 Å². The number of hydrogen-bond acceptors (Lipinski definition) is 4. The van der Waals surface area contributed by atoms with E-state index in [0.717, 1.165) is 25.1 Å². The molecule has 6 heteroatoms. The SMILES string of the molecule is CCN(C(=O)CN(C)CC(=O)Nc1cccc(C)n1)C1CC1. The molecule has 2 rings (SSSR count). The van der Waals surface area contributed by atoms with Crippen LogP contribution in [0, 0.1) is 6.92 Å². The molecule has 1 fully saturated rings. The number of aryl methyl sites for hydroxylation is 1. The highest BCUT2D eigenvalue weighted by molar-refractivity contribution is 5.91. The summed E-state index contributed by atoms with van der Waals surface area (Å²) in [5, 5.41) is 2.75. The molecule has 1 heterocycles. The highest BCUT2D eigenvalue weighted by Crippen LogP contribution is 2.26. The van der Waals surface area contributed by atoms with Crippen molar-refractivity contribution in [1.82, 2.24) is 14.8 Å². The number of amides is 2. The molecule has 0 radical (unpaired) electrons. The fourth-order valence-corrected chi connectivity index (χ4v) is 2.44. The van der Waals surface area contributed by atoms with Crippen molar-refractivity contribution in [1.29, 1.82) is 0 Å². The third kappa shape index (κ3) is 4.80. The summed E-state index contributed by atoms with van der Waals surface area (Å²) in [7, 11) is 1.78. The lowest BCUT2D eigenvalue weighted by Crippen LogP contribution is -2.42. The van der Waals surface area contributed by atoms with E-state index in [4.69, 9.17) is 0 Å². The molecule has 0 bridgehead atoms. The number of hydrogen-bond donors (Lipinski definition) is 1. The van der Waals surface area contributed by atoms with Gasteiger partial charge < -0.3 is 10.2 Å². The highest BCUT2D eigenvalue weighted by atomic mass is 16.2. The minimum atomic E-state index is -0.164. The minimum Gasteiger partial charge on any atom is -0.339 e. The van der Waals surface area contributed by atoms with E-state index in [2.05, 4.69) is 10.3 Å². The van der Waals surface area contributed by atoms with Crippen LogP contribution in [0.2, 0.25) is 0 Å². The molecule has 1 aromatic rings. The van der Waals surface area contributed by atoms with Gasteiger partial charge >= 0.3 is 0 Å². The first-order valence-corrected chi connectivity index (χ1v) is 7.71. The van der Waals surface area contributed by atoms with Crippen molar-refractivity contribution in [2.75, 3.05) is 32.0 Å². The summed E-state index contributed by atoms with van der Waals surface area (Å²) < 4.78 is 0. The second kappa shape index (κ2) is 7.35. The second-order valence-corrected chi connectivity index (χ2v) is 5.80. The number of nitrogens with zero attached hydrogens (tertiary/aromatic N) is 3. The Kier molecular flexibility index (Phi) is 5.49. The fourth-order valence-electron chi connectivity index (χ4n) is 2.44. The summed E-state index contributed by atoms with van der Waals surface area (Å²) in [5.41, 5.74) is 0.851. The summed E-state index contributed by atoms with van der Waals surface area (Å²) in [6, 6.07) is 5.88. The Bertz CT molecular complexity index is 543. The predicted molar refractivity (Wildman–Crippen MR) is 85.5 cm³/mol. The van der Waals surface area contributed by atoms with Gasteiger partial charge in [-0.05, 0) is 45.9 Å². The molecule has 1 saturated carbocycles. The molecule has 120 valence electrons. The van der Waals surface area contributed by atoms with Gasteiger partial charge in [-0.1, -0.05) is 6.07 Å². The average Bonchev–Trinajstić information content (AvgIpc) is 3.23. The summed E-state index contributed by atoms with van der Waals surface area (Å²) in [4.78, 5) is 32.0. The summed E-state index contributed by atoms with van der Waals surface area (Å²) in [6.45, 7) is 5.03. The van der Waals surface area contributed by atoms with Crippen LogP contribution in [0.1, 0.15) is 25.5 Å². The van der Waals surface area contributed by atoms with Crippen LogP contribution < -0.4 is 5.32 Å². The number of carbonyl (C=O) groups excluding carboxylic acids is 2. The van der Waals surface area contributed by atoms with Gasteiger partial charge in [-0.25, -0.2) is 4.98 Å². The van der Waals surface area contributed by atoms with Gasteiger partial charge in [0.15, 0.2) is 0 Å². The molecule has 6 nitrogen and oxygen atoms in total. The van der Waals surface area contributed by atoms with Gasteiger partial charge in [0, 0.05) is 18.3 Å². The maximum atomic E-state index is 12.2. The summed E-state index contributed by atoms with van der Waals surface area (Å²) in [5.74, 6) is 0.467. The van der Waals surface area contributed by atoms with E-state index in [1.165, 1.54) is 0 Å². The Morgan fingerprint density at radius 2 is 2.05 bits per heavy atom. The third-order valence-corrected chi connectivity index (χ3v) is 3.62. The van der Waals surface area contributed by atoms with Crippen molar-refractivity contribution in [3.63, 3.8) is 0 Å². The maximum absolute atomic E-state index is 12.2. The van der Waals surface area contributed by atoms with E-state index in [-0.39, 0.29) is 24.9 Å². The van der Waals surface area contributed by atoms with Crippen LogP contribution in [0.4, 0.5) is 5.82 Å². The van der Waals surface area contributed by atoms with Crippen molar-refractivity contribution >= 4 is 17.6 Å². The zero-order valence-electron chi connectivity index (χ0n) is 13.5. The quantitative estimate of drug-likeness (QED) is 0.824. The normalized spacial score (nSPS) is 14.0. The molecule has 0 saturated heterocycles. The first-order chi connectivity index (χ1) is 10.5. The fraction of sp³-hybridized carbons (Fsp3) is 0.562. The van der Waals surface area contributed by atoms with E-state index < -0.39 is 0 Å². The van der Waals surface area contributed by atoms with E-state index in [1.54, 1.807) is 18.0 Å². The Labute approximate surface area is 131 Å². The summed E-state index contributed by atoms with van der Waals surface area (Å²) >= 11 is 0. The Morgan fingerprint density at radius 3 is 2.64 bits per heavy atom. The van der Waals surface area contributed by atoms with Crippen molar-refractivity contribution in [3.05, 3.63) is 23.9 Å². The van der Waals surface area contributed by atoms with Crippen molar-refractivity contribution in [2.24, 2.45) is 0 Å². The Hall–Kier alpha value is -1.95. The zero-order chi connectivity index (χ0) is 16.1. The third-order valence-electron chi connectivity index (χ3n) is 3.62. The molecule has 22 heavy (non-hydrogen) atoms. The molecule has 1 aliphatic rings. The van der Waals surface area contributed by atoms with Crippen LogP contribution in [-0.2, 0) is 9.59 Å². The molecular formula is C16H24N4O2. The zero-order valence-corrected chi connectivity index (χ0v) is 13.5. The number of nitrogens with one attached hydrogen (secondary N) is 1. The summed E-state index contributed by atoms with van der Waals surface area (Å²) in [6.07, 6.45) is 2.20. The van der Waals surface area contributed by atoms with Crippen LogP contribution in [0.5, 0.6) is 0 Å². The molecule has 0 aliphatic heterocycles. The van der Waals surface area contributed by atoms with Gasteiger partial charge in [-0.3, -0.25) is 14.5 Å². The molecule has 2 amide bonds. The van der Waals surface area contributed by atoms with Gasteiger partial charge in [0.05, 0.1) is 13.1 Å². The topological polar surface area (TPSA) is 65.5 Å². The molecular weight excluding hydrogens is 280 g/mol. The van der Waals surface area contributed by atoms with Crippen molar-refractivity contribution in [2.45, 2.75) is 32.7 Å². The predicted octanol–water partition coefficient (Wildman–Crippen LogP) is 1.27. The average molecular weight is 304 g/mol. The van der Waals surface area contributed by atoms with Gasteiger partial charge in [0.25, 0.3) is 0 Å². The van der Waals surface area contributed by atoms with E-state index >= 15 is 0 Å². The second-order valence-electron chi connectivity index (χ2n) is 5.80. The molecule has 0 spiro atoms. The lowest BCUT2D eigenvalue weighted by molar-refractivity contribution is -0.132. The number of anilines is 1. The largest absolute Gasteiger partial charge is 0.339 e. The molecule has 0 unspecified atom stereocenters. The minimum absolute atomic E-state index is 0.0916. The van der Waals surface area contributed by atoms with E-state index in [0.29, 0.717) is 11.9 Å². The van der Waals surface area contributed by atoms with Gasteiger partial charge in [-0.2, -0.15) is 0 Å². The number of carbonyl (C=O) groups is 2. The van der Waals surface area contributed by atoms with Crippen molar-refractivity contribution in [3.8, 4) is 0 Å². The van der Waals surface area contributed by atoms with Gasteiger partial charge in [0.1, 0.15) is 5.82 Å². The van der Waals surface area contributed by atoms with Gasteiger partial charge in [0.2, 0.25) is 11.8 Å². The maximum Gasteiger partial charge on any atom is 0.239 e. The molecule has 1 aliphatic carbocycles. The van der Waals surface area contributed by atoms with Crippen LogP contribution in [0.15, 0.2) is 18.2 Å². The van der Waals surface area contributed by atoms with Crippen LogP contribution >= 0.6 is 0 Å². The lowest BCUT2D eigenvalue weighted by Gasteiger charge is -2.23. The monoisotopic (exact) mass is 304 g/mol. The van der Waals surface area contributed by atoms with E-state index in [1.807, 2.05) is 30.9 Å². The van der Waals surface area contributed by atoms with Crippen LogP contribution in [0.25, 0.3) is 0 Å². The first-order valence-electron chi connectivity index (χ1n) is 7.71. The number of aromatic nitrogens is 1. The molecule has 0 aromatic carbocycles. The number of pyridine rings is 1. The van der Waals surface area contributed by atoms with Crippen molar-refractivity contribution < 1.29 is 9.59 Å².